The van der Waals surface area contributed by atoms with E-state index in [1.807, 2.05) is 24.3 Å². The molecule has 0 spiro atoms. The van der Waals surface area contributed by atoms with Crippen LogP contribution in [0.4, 0.5) is 4.39 Å². The number of benzene rings is 2. The summed E-state index contributed by atoms with van der Waals surface area (Å²) in [7, 11) is 1.47. The number of hydrogen-bond donors (Lipinski definition) is 1. The van der Waals surface area contributed by atoms with Crippen LogP contribution < -0.4 is 10.5 Å². The van der Waals surface area contributed by atoms with Crippen molar-refractivity contribution in [2.45, 2.75) is 18.5 Å². The summed E-state index contributed by atoms with van der Waals surface area (Å²) in [6.07, 6.45) is 0. The van der Waals surface area contributed by atoms with Crippen LogP contribution in [0, 0.1) is 5.82 Å². The highest BCUT2D eigenvalue weighted by Crippen LogP contribution is 2.28. The molecule has 2 aromatic rings. The maximum Gasteiger partial charge on any atom is 0.165 e. The second-order valence-corrected chi connectivity index (χ2v) is 5.84. The minimum atomic E-state index is -0.317. The molecule has 0 aliphatic carbocycles. The Bertz CT molecular complexity index is 638. The van der Waals surface area contributed by atoms with Crippen LogP contribution in [0.25, 0.3) is 0 Å². The summed E-state index contributed by atoms with van der Waals surface area (Å²) in [4.78, 5) is 2.28. The van der Waals surface area contributed by atoms with Crippen molar-refractivity contribution < 1.29 is 9.13 Å². The largest absolute Gasteiger partial charge is 0.494 e. The number of nitrogens with two attached hydrogens (primary N) is 1. The molecule has 5 heteroatoms. The van der Waals surface area contributed by atoms with Crippen LogP contribution in [0.3, 0.4) is 0 Å². The molecule has 3 rings (SSSR count). The topological polar surface area (TPSA) is 38.5 Å². The summed E-state index contributed by atoms with van der Waals surface area (Å²) in [5, 5.41) is 0. The van der Waals surface area contributed by atoms with Crippen molar-refractivity contribution in [3.8, 4) is 5.75 Å². The van der Waals surface area contributed by atoms with E-state index in [1.165, 1.54) is 12.7 Å². The lowest BCUT2D eigenvalue weighted by molar-refractivity contribution is 0.322. The van der Waals surface area contributed by atoms with Crippen LogP contribution in [-0.4, -0.2) is 31.1 Å². The minimum absolute atomic E-state index is 0. The minimum Gasteiger partial charge on any atom is -0.494 e. The first-order chi connectivity index (χ1) is 10.7. The van der Waals surface area contributed by atoms with Gasteiger partial charge < -0.3 is 10.5 Å². The van der Waals surface area contributed by atoms with Gasteiger partial charge in [-0.2, -0.15) is 0 Å². The summed E-state index contributed by atoms with van der Waals surface area (Å²) >= 11 is 0. The molecular formula is C18H22ClFN2O. The molecule has 1 saturated heterocycles. The molecule has 0 radical (unpaired) electrons. The Kier molecular flexibility index (Phi) is 5.99. The SMILES string of the molecule is COc1ccc(CN2C[C@@H](N)[C@H](c3ccccc3)C2)cc1F.Cl. The summed E-state index contributed by atoms with van der Waals surface area (Å²) in [5.41, 5.74) is 8.51. The molecule has 0 aromatic heterocycles. The van der Waals surface area contributed by atoms with E-state index in [-0.39, 0.29) is 30.0 Å². The molecule has 2 atom stereocenters. The molecule has 0 amide bonds. The van der Waals surface area contributed by atoms with Gasteiger partial charge in [0.1, 0.15) is 0 Å². The van der Waals surface area contributed by atoms with Gasteiger partial charge in [-0.3, -0.25) is 4.90 Å². The fraction of sp³-hybridized carbons (Fsp3) is 0.333. The van der Waals surface area contributed by atoms with E-state index in [4.69, 9.17) is 10.5 Å². The molecule has 0 saturated carbocycles. The smallest absolute Gasteiger partial charge is 0.165 e. The van der Waals surface area contributed by atoms with E-state index < -0.39 is 0 Å². The van der Waals surface area contributed by atoms with E-state index in [0.717, 1.165) is 18.7 Å². The third kappa shape index (κ3) is 4.02. The van der Waals surface area contributed by atoms with Gasteiger partial charge in [0.2, 0.25) is 0 Å². The highest BCUT2D eigenvalue weighted by atomic mass is 35.5. The fourth-order valence-electron chi connectivity index (χ4n) is 3.16. The summed E-state index contributed by atoms with van der Waals surface area (Å²) in [6.45, 7) is 2.43. The molecule has 1 aliphatic rings. The van der Waals surface area contributed by atoms with Crippen molar-refractivity contribution in [1.29, 1.82) is 0 Å². The van der Waals surface area contributed by atoms with Gasteiger partial charge in [-0.1, -0.05) is 36.4 Å². The third-order valence-corrected chi connectivity index (χ3v) is 4.29. The van der Waals surface area contributed by atoms with Gasteiger partial charge in [0.05, 0.1) is 7.11 Å². The monoisotopic (exact) mass is 336 g/mol. The Labute approximate surface area is 142 Å². The lowest BCUT2D eigenvalue weighted by Gasteiger charge is -2.16. The van der Waals surface area contributed by atoms with Crippen molar-refractivity contribution in [3.63, 3.8) is 0 Å². The standard InChI is InChI=1S/C18H21FN2O.ClH/c1-22-18-8-7-13(9-16(18)19)10-21-11-15(17(20)12-21)14-5-3-2-4-6-14;/h2-9,15,17H,10-12,20H2,1H3;1H/t15-,17+;/m0./s1. The highest BCUT2D eigenvalue weighted by Gasteiger charge is 2.31. The lowest BCUT2D eigenvalue weighted by atomic mass is 9.95. The van der Waals surface area contributed by atoms with Crippen LogP contribution in [0.2, 0.25) is 0 Å². The van der Waals surface area contributed by atoms with Gasteiger partial charge >= 0.3 is 0 Å². The fourth-order valence-corrected chi connectivity index (χ4v) is 3.16. The first-order valence-corrected chi connectivity index (χ1v) is 7.52. The van der Waals surface area contributed by atoms with Gasteiger partial charge in [-0.25, -0.2) is 4.39 Å². The zero-order valence-corrected chi connectivity index (χ0v) is 13.9. The molecule has 3 nitrogen and oxygen atoms in total. The third-order valence-electron chi connectivity index (χ3n) is 4.29. The maximum atomic E-state index is 13.8. The van der Waals surface area contributed by atoms with E-state index in [1.54, 1.807) is 12.1 Å². The van der Waals surface area contributed by atoms with Crippen LogP contribution in [0.1, 0.15) is 17.0 Å². The van der Waals surface area contributed by atoms with Crippen LogP contribution in [0.15, 0.2) is 48.5 Å². The lowest BCUT2D eigenvalue weighted by Crippen LogP contribution is -2.28. The average Bonchev–Trinajstić information content (AvgIpc) is 2.89. The van der Waals surface area contributed by atoms with Crippen molar-refractivity contribution in [2.24, 2.45) is 5.73 Å². The molecule has 23 heavy (non-hydrogen) atoms. The molecule has 124 valence electrons. The van der Waals surface area contributed by atoms with Crippen LogP contribution in [-0.2, 0) is 6.54 Å². The molecule has 0 bridgehead atoms. The number of nitrogens with zero attached hydrogens (tertiary/aromatic N) is 1. The van der Waals surface area contributed by atoms with E-state index >= 15 is 0 Å². The van der Waals surface area contributed by atoms with Crippen molar-refractivity contribution in [2.75, 3.05) is 20.2 Å². The van der Waals surface area contributed by atoms with Crippen LogP contribution >= 0.6 is 12.4 Å². The molecular weight excluding hydrogens is 315 g/mol. The van der Waals surface area contributed by atoms with Gasteiger partial charge in [0, 0.05) is 31.6 Å². The quantitative estimate of drug-likeness (QED) is 0.932. The Morgan fingerprint density at radius 3 is 2.57 bits per heavy atom. The number of halogens is 2. The second kappa shape index (κ2) is 7.77. The van der Waals surface area contributed by atoms with E-state index in [9.17, 15) is 4.39 Å². The number of hydrogen-bond acceptors (Lipinski definition) is 3. The number of rotatable bonds is 4. The molecule has 1 heterocycles. The van der Waals surface area contributed by atoms with Crippen molar-refractivity contribution in [1.82, 2.24) is 4.90 Å². The summed E-state index contributed by atoms with van der Waals surface area (Å²) < 4.78 is 18.7. The summed E-state index contributed by atoms with van der Waals surface area (Å²) in [5.74, 6) is 0.302. The molecule has 0 unspecified atom stereocenters. The Morgan fingerprint density at radius 1 is 1.17 bits per heavy atom. The van der Waals surface area contributed by atoms with Crippen molar-refractivity contribution in [3.05, 3.63) is 65.5 Å². The van der Waals surface area contributed by atoms with E-state index in [2.05, 4.69) is 17.0 Å². The van der Waals surface area contributed by atoms with Crippen LogP contribution in [0.5, 0.6) is 5.75 Å². The Hall–Kier alpha value is -1.62. The Morgan fingerprint density at radius 2 is 1.91 bits per heavy atom. The predicted molar refractivity (Wildman–Crippen MR) is 92.6 cm³/mol. The van der Waals surface area contributed by atoms with Gasteiger partial charge in [-0.15, -0.1) is 12.4 Å². The zero-order valence-electron chi connectivity index (χ0n) is 13.1. The second-order valence-electron chi connectivity index (χ2n) is 5.84. The van der Waals surface area contributed by atoms with Gasteiger partial charge in [0.15, 0.2) is 11.6 Å². The molecule has 2 N–H and O–H groups in total. The van der Waals surface area contributed by atoms with Crippen molar-refractivity contribution >= 4 is 12.4 Å². The average molecular weight is 337 g/mol. The predicted octanol–water partition coefficient (Wildman–Crippen LogP) is 3.18. The highest BCUT2D eigenvalue weighted by molar-refractivity contribution is 5.85. The molecule has 1 aliphatic heterocycles. The normalized spacial score (nSPS) is 21.0. The van der Waals surface area contributed by atoms with E-state index in [0.29, 0.717) is 12.5 Å². The first-order valence-electron chi connectivity index (χ1n) is 7.52. The number of ether oxygens (including phenoxy) is 1. The number of methoxy groups -OCH3 is 1. The maximum absolute atomic E-state index is 13.8. The number of likely N-dealkylation sites (tertiary alicyclic amines) is 1. The summed E-state index contributed by atoms with van der Waals surface area (Å²) in [6, 6.07) is 15.6. The molecule has 1 fully saturated rings. The first kappa shape index (κ1) is 17.7. The Balaban J connectivity index is 0.00000192. The molecule has 2 aromatic carbocycles. The zero-order chi connectivity index (χ0) is 15.5. The van der Waals surface area contributed by atoms with Gasteiger partial charge in [-0.05, 0) is 23.3 Å². The van der Waals surface area contributed by atoms with Gasteiger partial charge in [0.25, 0.3) is 0 Å².